The SMILES string of the molecule is NNC(CC1=CC=C(N)CC1)N(CCN(CNC(N)=O)C(N)=O)C(N)=O. The highest BCUT2D eigenvalue weighted by Gasteiger charge is 2.23. The van der Waals surface area contributed by atoms with Crippen LogP contribution in [0.4, 0.5) is 14.4 Å². The Labute approximate surface area is 151 Å². The van der Waals surface area contributed by atoms with Crippen molar-refractivity contribution in [3.05, 3.63) is 23.4 Å². The number of nitrogens with two attached hydrogens (primary N) is 5. The van der Waals surface area contributed by atoms with Crippen LogP contribution in [0.25, 0.3) is 0 Å². The summed E-state index contributed by atoms with van der Waals surface area (Å²) in [5.41, 5.74) is 25.8. The van der Waals surface area contributed by atoms with E-state index in [2.05, 4.69) is 10.7 Å². The zero-order chi connectivity index (χ0) is 19.7. The van der Waals surface area contributed by atoms with Crippen LogP contribution in [-0.2, 0) is 0 Å². The van der Waals surface area contributed by atoms with Crippen molar-refractivity contribution in [2.75, 3.05) is 19.8 Å². The van der Waals surface area contributed by atoms with Gasteiger partial charge in [0.15, 0.2) is 0 Å². The summed E-state index contributed by atoms with van der Waals surface area (Å²) in [7, 11) is 0. The van der Waals surface area contributed by atoms with E-state index in [1.807, 2.05) is 12.2 Å². The van der Waals surface area contributed by atoms with Crippen molar-refractivity contribution in [3.8, 4) is 0 Å². The largest absolute Gasteiger partial charge is 0.402 e. The van der Waals surface area contributed by atoms with E-state index < -0.39 is 24.3 Å². The number of nitrogens with zero attached hydrogens (tertiary/aromatic N) is 2. The average Bonchev–Trinajstić information content (AvgIpc) is 2.57. The van der Waals surface area contributed by atoms with Gasteiger partial charge in [0.25, 0.3) is 0 Å². The Morgan fingerprint density at radius 2 is 1.77 bits per heavy atom. The Morgan fingerprint density at radius 1 is 1.08 bits per heavy atom. The molecule has 0 saturated carbocycles. The van der Waals surface area contributed by atoms with Gasteiger partial charge in [-0.25, -0.2) is 19.8 Å². The Morgan fingerprint density at radius 3 is 2.23 bits per heavy atom. The molecular weight excluding hydrogens is 342 g/mol. The van der Waals surface area contributed by atoms with Crippen LogP contribution >= 0.6 is 0 Å². The molecule has 0 aliphatic heterocycles. The molecule has 12 heteroatoms. The summed E-state index contributed by atoms with van der Waals surface area (Å²) in [4.78, 5) is 36.4. The van der Waals surface area contributed by atoms with Crippen molar-refractivity contribution in [3.63, 3.8) is 0 Å². The summed E-state index contributed by atoms with van der Waals surface area (Å²) in [6.07, 6.45) is 5.04. The number of amides is 6. The first-order valence-corrected chi connectivity index (χ1v) is 7.98. The van der Waals surface area contributed by atoms with Crippen LogP contribution in [0.3, 0.4) is 0 Å². The second-order valence-electron chi connectivity index (χ2n) is 5.79. The molecule has 146 valence electrons. The zero-order valence-corrected chi connectivity index (χ0v) is 14.5. The molecule has 12 N–H and O–H groups in total. The van der Waals surface area contributed by atoms with E-state index in [9.17, 15) is 14.4 Å². The molecule has 1 atom stereocenters. The van der Waals surface area contributed by atoms with E-state index in [0.717, 1.165) is 29.0 Å². The maximum atomic E-state index is 11.8. The highest BCUT2D eigenvalue weighted by Crippen LogP contribution is 2.20. The number of carbonyl (C=O) groups is 3. The van der Waals surface area contributed by atoms with Gasteiger partial charge in [0.2, 0.25) is 0 Å². The van der Waals surface area contributed by atoms with E-state index in [0.29, 0.717) is 6.42 Å². The summed E-state index contributed by atoms with van der Waals surface area (Å²) in [5.74, 6) is 5.57. The van der Waals surface area contributed by atoms with Gasteiger partial charge in [-0.1, -0.05) is 11.6 Å². The average molecular weight is 369 g/mol. The van der Waals surface area contributed by atoms with Crippen LogP contribution in [0.2, 0.25) is 0 Å². The molecule has 0 spiro atoms. The predicted molar refractivity (Wildman–Crippen MR) is 95.5 cm³/mol. The molecule has 0 aromatic carbocycles. The van der Waals surface area contributed by atoms with Crippen LogP contribution in [-0.4, -0.2) is 53.8 Å². The first-order chi connectivity index (χ1) is 12.2. The van der Waals surface area contributed by atoms with Crippen LogP contribution in [0.15, 0.2) is 23.4 Å². The third-order valence-corrected chi connectivity index (χ3v) is 3.94. The minimum atomic E-state index is -0.805. The maximum absolute atomic E-state index is 11.8. The Balaban J connectivity index is 2.73. The predicted octanol–water partition coefficient (Wildman–Crippen LogP) is -1.88. The first-order valence-electron chi connectivity index (χ1n) is 7.98. The molecule has 12 nitrogen and oxygen atoms in total. The van der Waals surface area contributed by atoms with Gasteiger partial charge in [-0.05, 0) is 18.9 Å². The van der Waals surface area contributed by atoms with E-state index in [1.54, 1.807) is 0 Å². The molecule has 0 aromatic heterocycles. The molecule has 6 amide bonds. The second-order valence-corrected chi connectivity index (χ2v) is 5.79. The molecule has 0 bridgehead atoms. The molecule has 0 saturated heterocycles. The number of nitrogens with one attached hydrogen (secondary N) is 2. The summed E-state index contributed by atoms with van der Waals surface area (Å²) in [6.45, 7) is -0.102. The second kappa shape index (κ2) is 10.1. The molecule has 0 aromatic rings. The normalized spacial score (nSPS) is 14.7. The Kier molecular flexibility index (Phi) is 8.18. The lowest BCUT2D eigenvalue weighted by molar-refractivity contribution is 0.151. The highest BCUT2D eigenvalue weighted by molar-refractivity contribution is 5.75. The molecule has 1 aliphatic carbocycles. The number of hydrazine groups is 1. The minimum absolute atomic E-state index is 0.0304. The standard InChI is InChI=1S/C14H27N9O3/c15-10-3-1-9(2-4-10)7-11(21-19)23(14(18)26)6-5-22(13(17)25)8-20-12(16)24/h1,3,11,21H,2,4-8,15,19H2,(H2,17,25)(H2,18,26)(H3,16,20,24). The summed E-state index contributed by atoms with van der Waals surface area (Å²) in [5, 5.41) is 2.25. The van der Waals surface area contributed by atoms with Crippen molar-refractivity contribution in [2.24, 2.45) is 28.8 Å². The molecule has 0 radical (unpaired) electrons. The number of rotatable bonds is 9. The maximum Gasteiger partial charge on any atom is 0.316 e. The van der Waals surface area contributed by atoms with Crippen molar-refractivity contribution < 1.29 is 14.4 Å². The van der Waals surface area contributed by atoms with Gasteiger partial charge in [-0.15, -0.1) is 0 Å². The zero-order valence-electron chi connectivity index (χ0n) is 14.5. The lowest BCUT2D eigenvalue weighted by atomic mass is 9.98. The van der Waals surface area contributed by atoms with Gasteiger partial charge in [-0.2, -0.15) is 0 Å². The van der Waals surface area contributed by atoms with Crippen LogP contribution in [0, 0.1) is 0 Å². The van der Waals surface area contributed by atoms with Crippen LogP contribution in [0.1, 0.15) is 19.3 Å². The third-order valence-electron chi connectivity index (χ3n) is 3.94. The number of primary amides is 3. The quantitative estimate of drug-likeness (QED) is 0.140. The van der Waals surface area contributed by atoms with Crippen LogP contribution < -0.4 is 39.5 Å². The summed E-state index contributed by atoms with van der Waals surface area (Å²) < 4.78 is 0. The van der Waals surface area contributed by atoms with Crippen LogP contribution in [0.5, 0.6) is 0 Å². The highest BCUT2D eigenvalue weighted by atomic mass is 16.2. The van der Waals surface area contributed by atoms with Gasteiger partial charge in [0.1, 0.15) is 6.17 Å². The van der Waals surface area contributed by atoms with E-state index in [4.69, 9.17) is 28.8 Å². The molecule has 0 heterocycles. The molecule has 1 unspecified atom stereocenters. The fraction of sp³-hybridized carbons (Fsp3) is 0.500. The van der Waals surface area contributed by atoms with Crippen molar-refractivity contribution in [2.45, 2.75) is 25.4 Å². The topological polar surface area (TPSA) is 212 Å². The number of hydrogen-bond donors (Lipinski definition) is 7. The van der Waals surface area contributed by atoms with E-state index in [1.165, 1.54) is 4.90 Å². The fourth-order valence-corrected chi connectivity index (χ4v) is 2.46. The lowest BCUT2D eigenvalue weighted by Gasteiger charge is -2.32. The molecule has 0 fully saturated rings. The number of hydrogen-bond acceptors (Lipinski definition) is 6. The van der Waals surface area contributed by atoms with Crippen molar-refractivity contribution in [1.29, 1.82) is 0 Å². The van der Waals surface area contributed by atoms with E-state index >= 15 is 0 Å². The summed E-state index contributed by atoms with van der Waals surface area (Å²) in [6, 6.07) is -2.30. The lowest BCUT2D eigenvalue weighted by Crippen LogP contribution is -2.56. The van der Waals surface area contributed by atoms with E-state index in [-0.39, 0.29) is 19.8 Å². The Hall–Kier alpha value is -2.99. The van der Waals surface area contributed by atoms with Crippen molar-refractivity contribution in [1.82, 2.24) is 20.5 Å². The number of carbonyl (C=O) groups excluding carboxylic acids is 3. The molecule has 26 heavy (non-hydrogen) atoms. The fourth-order valence-electron chi connectivity index (χ4n) is 2.46. The minimum Gasteiger partial charge on any atom is -0.402 e. The van der Waals surface area contributed by atoms with Gasteiger partial charge < -0.3 is 38.1 Å². The number of urea groups is 3. The monoisotopic (exact) mass is 369 g/mol. The van der Waals surface area contributed by atoms with Gasteiger partial charge in [-0.3, -0.25) is 5.84 Å². The van der Waals surface area contributed by atoms with Gasteiger partial charge in [0.05, 0.1) is 6.67 Å². The molecule has 1 aliphatic rings. The van der Waals surface area contributed by atoms with Crippen molar-refractivity contribution >= 4 is 18.1 Å². The first kappa shape index (κ1) is 21.1. The van der Waals surface area contributed by atoms with Gasteiger partial charge in [0, 0.05) is 25.2 Å². The number of allylic oxidation sites excluding steroid dienone is 3. The summed E-state index contributed by atoms with van der Waals surface area (Å²) >= 11 is 0. The molecular formula is C14H27N9O3. The smallest absolute Gasteiger partial charge is 0.316 e. The Bertz CT molecular complexity index is 590. The molecule has 1 rings (SSSR count). The third kappa shape index (κ3) is 6.86. The van der Waals surface area contributed by atoms with Gasteiger partial charge >= 0.3 is 18.1 Å².